The van der Waals surface area contributed by atoms with Gasteiger partial charge < -0.3 is 10.6 Å². The van der Waals surface area contributed by atoms with Gasteiger partial charge in [0.25, 0.3) is 0 Å². The van der Waals surface area contributed by atoms with Crippen LogP contribution in [0.25, 0.3) is 0 Å². The van der Waals surface area contributed by atoms with Crippen molar-refractivity contribution in [2.75, 3.05) is 13.1 Å². The van der Waals surface area contributed by atoms with Gasteiger partial charge in [0.05, 0.1) is 5.54 Å². The minimum Gasteiger partial charge on any atom is -0.338 e. The third kappa shape index (κ3) is 2.67. The predicted octanol–water partition coefficient (Wildman–Crippen LogP) is 2.79. The molecule has 0 atom stereocenters. The van der Waals surface area contributed by atoms with Crippen LogP contribution in [0.2, 0.25) is 0 Å². The summed E-state index contributed by atoms with van der Waals surface area (Å²) in [6, 6.07) is 0. The van der Waals surface area contributed by atoms with Crippen LogP contribution in [0.15, 0.2) is 0 Å². The Hall–Kier alpha value is -0.570. The van der Waals surface area contributed by atoms with Crippen molar-refractivity contribution in [3.05, 3.63) is 0 Å². The highest BCUT2D eigenvalue weighted by Crippen LogP contribution is 2.46. The average molecular weight is 266 g/mol. The molecule has 0 aromatic carbocycles. The van der Waals surface area contributed by atoms with Crippen molar-refractivity contribution in [1.82, 2.24) is 4.90 Å². The van der Waals surface area contributed by atoms with Crippen molar-refractivity contribution >= 4 is 5.91 Å². The standard InChI is InChI=1S/C16H30N2O/c1-12(2)9-15(7-5-6-8-15)14(19)18-10-16(17,11-18)13(3)4/h12-13H,5-11,17H2,1-4H3. The van der Waals surface area contributed by atoms with Crippen molar-refractivity contribution in [3.8, 4) is 0 Å². The maximum atomic E-state index is 12.9. The Morgan fingerprint density at radius 2 is 1.68 bits per heavy atom. The molecule has 1 heterocycles. The summed E-state index contributed by atoms with van der Waals surface area (Å²) in [6.07, 6.45) is 5.63. The molecule has 1 saturated heterocycles. The fourth-order valence-corrected chi connectivity index (χ4v) is 3.85. The average Bonchev–Trinajstić information content (AvgIpc) is 2.72. The predicted molar refractivity (Wildman–Crippen MR) is 78.7 cm³/mol. The molecule has 1 aliphatic carbocycles. The maximum absolute atomic E-state index is 12.9. The van der Waals surface area contributed by atoms with Crippen LogP contribution < -0.4 is 5.73 Å². The summed E-state index contributed by atoms with van der Waals surface area (Å²) in [5.41, 5.74) is 6.11. The Morgan fingerprint density at radius 1 is 1.16 bits per heavy atom. The van der Waals surface area contributed by atoms with Gasteiger partial charge in [0.15, 0.2) is 0 Å². The SMILES string of the molecule is CC(C)CC1(C(=O)N2CC(N)(C(C)C)C2)CCCC1. The molecular formula is C16H30N2O. The lowest BCUT2D eigenvalue weighted by Crippen LogP contribution is -2.72. The largest absolute Gasteiger partial charge is 0.338 e. The summed E-state index contributed by atoms with van der Waals surface area (Å²) in [5, 5.41) is 0. The first kappa shape index (κ1) is 14.8. The Kier molecular flexibility index (Phi) is 3.97. The zero-order valence-electron chi connectivity index (χ0n) is 13.0. The topological polar surface area (TPSA) is 46.3 Å². The Balaban J connectivity index is 2.03. The normalized spacial score (nSPS) is 24.9. The van der Waals surface area contributed by atoms with E-state index in [1.165, 1.54) is 12.8 Å². The van der Waals surface area contributed by atoms with E-state index in [1.54, 1.807) is 0 Å². The summed E-state index contributed by atoms with van der Waals surface area (Å²) in [4.78, 5) is 14.9. The second-order valence-electron chi connectivity index (χ2n) is 7.63. The highest BCUT2D eigenvalue weighted by atomic mass is 16.2. The van der Waals surface area contributed by atoms with Crippen LogP contribution in [-0.2, 0) is 4.79 Å². The van der Waals surface area contributed by atoms with E-state index in [0.717, 1.165) is 32.4 Å². The van der Waals surface area contributed by atoms with Crippen LogP contribution in [0.3, 0.4) is 0 Å². The molecule has 2 fully saturated rings. The number of rotatable bonds is 4. The molecule has 1 aliphatic heterocycles. The molecule has 3 nitrogen and oxygen atoms in total. The number of hydrogen-bond donors (Lipinski definition) is 1. The molecule has 1 saturated carbocycles. The molecule has 0 unspecified atom stereocenters. The number of carbonyl (C=O) groups excluding carboxylic acids is 1. The Morgan fingerprint density at radius 3 is 2.11 bits per heavy atom. The molecule has 0 aromatic heterocycles. The Labute approximate surface area is 117 Å². The molecule has 2 N–H and O–H groups in total. The van der Waals surface area contributed by atoms with Crippen LogP contribution in [0.5, 0.6) is 0 Å². The minimum atomic E-state index is -0.146. The van der Waals surface area contributed by atoms with Gasteiger partial charge in [-0.1, -0.05) is 40.5 Å². The van der Waals surface area contributed by atoms with Crippen LogP contribution in [0.1, 0.15) is 59.8 Å². The van der Waals surface area contributed by atoms with Crippen LogP contribution in [0.4, 0.5) is 0 Å². The van der Waals surface area contributed by atoms with E-state index in [9.17, 15) is 4.79 Å². The lowest BCUT2D eigenvalue weighted by atomic mass is 9.74. The molecular weight excluding hydrogens is 236 g/mol. The van der Waals surface area contributed by atoms with Crippen molar-refractivity contribution in [3.63, 3.8) is 0 Å². The summed E-state index contributed by atoms with van der Waals surface area (Å²) < 4.78 is 0. The molecule has 2 rings (SSSR count). The van der Waals surface area contributed by atoms with E-state index < -0.39 is 0 Å². The third-order valence-electron chi connectivity index (χ3n) is 5.22. The molecule has 3 heteroatoms. The van der Waals surface area contributed by atoms with E-state index in [0.29, 0.717) is 17.7 Å². The lowest BCUT2D eigenvalue weighted by molar-refractivity contribution is -0.152. The Bertz CT molecular complexity index is 337. The molecule has 1 amide bonds. The molecule has 0 bridgehead atoms. The summed E-state index contributed by atoms with van der Waals surface area (Å²) >= 11 is 0. The lowest BCUT2D eigenvalue weighted by Gasteiger charge is -2.52. The van der Waals surface area contributed by atoms with Gasteiger partial charge >= 0.3 is 0 Å². The highest BCUT2D eigenvalue weighted by molar-refractivity contribution is 5.84. The van der Waals surface area contributed by atoms with Crippen molar-refractivity contribution < 1.29 is 4.79 Å². The summed E-state index contributed by atoms with van der Waals surface area (Å²) in [7, 11) is 0. The fraction of sp³-hybridized carbons (Fsp3) is 0.938. The number of hydrogen-bond acceptors (Lipinski definition) is 2. The van der Waals surface area contributed by atoms with Gasteiger partial charge in [-0.2, -0.15) is 0 Å². The first-order chi connectivity index (χ1) is 8.79. The fourth-order valence-electron chi connectivity index (χ4n) is 3.85. The van der Waals surface area contributed by atoms with E-state index >= 15 is 0 Å². The monoisotopic (exact) mass is 266 g/mol. The summed E-state index contributed by atoms with van der Waals surface area (Å²) in [5.74, 6) is 1.43. The number of likely N-dealkylation sites (tertiary alicyclic amines) is 1. The molecule has 0 radical (unpaired) electrons. The minimum absolute atomic E-state index is 0.0630. The van der Waals surface area contributed by atoms with Gasteiger partial charge in [-0.15, -0.1) is 0 Å². The van der Waals surface area contributed by atoms with Gasteiger partial charge in [0.2, 0.25) is 5.91 Å². The maximum Gasteiger partial charge on any atom is 0.228 e. The van der Waals surface area contributed by atoms with E-state index in [2.05, 4.69) is 27.7 Å². The second kappa shape index (κ2) is 5.08. The molecule has 0 spiro atoms. The number of nitrogens with zero attached hydrogens (tertiary/aromatic N) is 1. The molecule has 0 aromatic rings. The first-order valence-electron chi connectivity index (χ1n) is 7.87. The van der Waals surface area contributed by atoms with Gasteiger partial charge in [0, 0.05) is 18.5 Å². The van der Waals surface area contributed by atoms with Crippen molar-refractivity contribution in [2.45, 2.75) is 65.3 Å². The number of amides is 1. The third-order valence-corrected chi connectivity index (χ3v) is 5.22. The quantitative estimate of drug-likeness (QED) is 0.850. The summed E-state index contributed by atoms with van der Waals surface area (Å²) in [6.45, 7) is 10.3. The molecule has 19 heavy (non-hydrogen) atoms. The van der Waals surface area contributed by atoms with E-state index in [4.69, 9.17) is 5.73 Å². The highest BCUT2D eigenvalue weighted by Gasteiger charge is 2.51. The second-order valence-corrected chi connectivity index (χ2v) is 7.63. The van der Waals surface area contributed by atoms with Gasteiger partial charge in [-0.25, -0.2) is 0 Å². The molecule has 110 valence electrons. The number of carbonyl (C=O) groups is 1. The van der Waals surface area contributed by atoms with Gasteiger partial charge in [0.1, 0.15) is 0 Å². The van der Waals surface area contributed by atoms with Gasteiger partial charge in [-0.3, -0.25) is 4.79 Å². The number of nitrogens with two attached hydrogens (primary N) is 1. The van der Waals surface area contributed by atoms with Crippen LogP contribution >= 0.6 is 0 Å². The van der Waals surface area contributed by atoms with Crippen LogP contribution in [-0.4, -0.2) is 29.4 Å². The smallest absolute Gasteiger partial charge is 0.228 e. The van der Waals surface area contributed by atoms with Gasteiger partial charge in [-0.05, 0) is 31.1 Å². The first-order valence-corrected chi connectivity index (χ1v) is 7.87. The van der Waals surface area contributed by atoms with E-state index in [1.807, 2.05) is 4.90 Å². The van der Waals surface area contributed by atoms with Crippen molar-refractivity contribution in [2.24, 2.45) is 23.0 Å². The van der Waals surface area contributed by atoms with E-state index in [-0.39, 0.29) is 11.0 Å². The molecule has 2 aliphatic rings. The zero-order chi connectivity index (χ0) is 14.3. The zero-order valence-corrected chi connectivity index (χ0v) is 13.0. The van der Waals surface area contributed by atoms with Crippen LogP contribution in [0, 0.1) is 17.3 Å². The van der Waals surface area contributed by atoms with Crippen molar-refractivity contribution in [1.29, 1.82) is 0 Å².